The molecule has 0 radical (unpaired) electrons. The molecule has 0 rings (SSSR count). The Morgan fingerprint density at radius 1 is 1.23 bits per heavy atom. The van der Waals surface area contributed by atoms with Gasteiger partial charge in [-0.2, -0.15) is 0 Å². The predicted molar refractivity (Wildman–Crippen MR) is 62.2 cm³/mol. The van der Waals surface area contributed by atoms with Crippen LogP contribution >= 0.6 is 0 Å². The first-order valence-electron chi connectivity index (χ1n) is 5.14. The van der Waals surface area contributed by atoms with E-state index in [4.69, 9.17) is 4.43 Å². The highest BCUT2D eigenvalue weighted by Crippen LogP contribution is 2.24. The van der Waals surface area contributed by atoms with Crippen LogP contribution in [0.2, 0.25) is 18.1 Å². The first-order valence-corrected chi connectivity index (χ1v) is 7.67. The van der Waals surface area contributed by atoms with E-state index in [9.17, 15) is 0 Å². The fraction of sp³-hybridized carbons (Fsp3) is 0.636. The first-order chi connectivity index (χ1) is 6.14. The molecule has 0 saturated heterocycles. The third kappa shape index (κ3) is 3.81. The second-order valence-electron chi connectivity index (χ2n) is 3.31. The van der Waals surface area contributed by atoms with E-state index in [2.05, 4.69) is 27.4 Å². The molecule has 76 valence electrons. The number of rotatable bonds is 6. The summed E-state index contributed by atoms with van der Waals surface area (Å²) in [7, 11) is -1.47. The van der Waals surface area contributed by atoms with E-state index in [1.165, 1.54) is 18.1 Å². The van der Waals surface area contributed by atoms with Crippen LogP contribution in [-0.2, 0) is 4.43 Å². The topological polar surface area (TPSA) is 9.23 Å². The molecule has 0 bridgehead atoms. The average Bonchev–Trinajstić information content (AvgIpc) is 2.15. The highest BCUT2D eigenvalue weighted by atomic mass is 28.4. The lowest BCUT2D eigenvalue weighted by atomic mass is 10.5. The maximum Gasteiger partial charge on any atom is 0.250 e. The third-order valence-electron chi connectivity index (χ3n) is 2.63. The summed E-state index contributed by atoms with van der Waals surface area (Å²) in [6.45, 7) is 12.6. The van der Waals surface area contributed by atoms with Crippen molar-refractivity contribution in [2.24, 2.45) is 0 Å². The Bertz CT molecular complexity index is 172. The molecule has 13 heavy (non-hydrogen) atoms. The third-order valence-corrected chi connectivity index (χ3v) is 7.19. The van der Waals surface area contributed by atoms with Gasteiger partial charge >= 0.3 is 0 Å². The molecule has 0 aliphatic heterocycles. The fourth-order valence-corrected chi connectivity index (χ4v) is 4.02. The van der Waals surface area contributed by atoms with Gasteiger partial charge in [-0.1, -0.05) is 33.4 Å². The smallest absolute Gasteiger partial charge is 0.250 e. The second kappa shape index (κ2) is 6.03. The quantitative estimate of drug-likeness (QED) is 0.355. The van der Waals surface area contributed by atoms with Crippen molar-refractivity contribution < 1.29 is 4.43 Å². The monoisotopic (exact) mass is 198 g/mol. The summed E-state index contributed by atoms with van der Waals surface area (Å²) < 4.78 is 5.98. The van der Waals surface area contributed by atoms with E-state index in [1.54, 1.807) is 0 Å². The Hall–Kier alpha value is -0.503. The molecule has 2 heteroatoms. The van der Waals surface area contributed by atoms with Crippen molar-refractivity contribution in [1.82, 2.24) is 0 Å². The highest BCUT2D eigenvalue weighted by Gasteiger charge is 2.30. The minimum absolute atomic E-state index is 0.833. The molecule has 0 aromatic rings. The molecule has 0 N–H and O–H groups in total. The van der Waals surface area contributed by atoms with E-state index < -0.39 is 8.32 Å². The number of hydrogen-bond acceptors (Lipinski definition) is 1. The summed E-state index contributed by atoms with van der Waals surface area (Å²) in [5.41, 5.74) is 0. The second-order valence-corrected chi connectivity index (χ2v) is 8.00. The molecule has 0 aliphatic rings. The van der Waals surface area contributed by atoms with Gasteiger partial charge in [0.05, 0.1) is 5.76 Å². The Kier molecular flexibility index (Phi) is 5.79. The van der Waals surface area contributed by atoms with E-state index in [0.29, 0.717) is 0 Å². The van der Waals surface area contributed by atoms with Gasteiger partial charge in [-0.25, -0.2) is 0 Å². The van der Waals surface area contributed by atoms with Crippen LogP contribution < -0.4 is 0 Å². The van der Waals surface area contributed by atoms with Crippen molar-refractivity contribution in [2.45, 2.75) is 45.8 Å². The molecule has 1 nitrogen and oxygen atoms in total. The molecule has 0 atom stereocenters. The molecule has 0 spiro atoms. The molecule has 0 aliphatic carbocycles. The molecular formula is C11H22OSi. The van der Waals surface area contributed by atoms with Gasteiger partial charge in [-0.3, -0.25) is 0 Å². The molecule has 0 unspecified atom stereocenters. The summed E-state index contributed by atoms with van der Waals surface area (Å²) in [5, 5.41) is 0. The van der Waals surface area contributed by atoms with E-state index in [-0.39, 0.29) is 0 Å². The summed E-state index contributed by atoms with van der Waals surface area (Å²) in [5.74, 6) is 0.833. The zero-order chi connectivity index (χ0) is 10.3. The van der Waals surface area contributed by atoms with Gasteiger partial charge in [0.2, 0.25) is 8.32 Å². The van der Waals surface area contributed by atoms with Gasteiger partial charge < -0.3 is 4.43 Å². The Balaban J connectivity index is 4.32. The molecule has 0 fully saturated rings. The minimum Gasteiger partial charge on any atom is -0.544 e. The lowest BCUT2D eigenvalue weighted by Crippen LogP contribution is -2.34. The van der Waals surface area contributed by atoms with Crippen molar-refractivity contribution in [3.63, 3.8) is 0 Å². The van der Waals surface area contributed by atoms with Gasteiger partial charge in [-0.15, -0.1) is 0 Å². The van der Waals surface area contributed by atoms with Crippen LogP contribution in [0.4, 0.5) is 0 Å². The first kappa shape index (κ1) is 12.5. The fourth-order valence-electron chi connectivity index (χ4n) is 1.46. The Morgan fingerprint density at radius 2 is 1.69 bits per heavy atom. The maximum absolute atomic E-state index is 5.98. The SMILES string of the molecule is C=C(/C=C/C)O[Si](CC)(CC)CC. The van der Waals surface area contributed by atoms with Crippen molar-refractivity contribution in [1.29, 1.82) is 0 Å². The van der Waals surface area contributed by atoms with Crippen LogP contribution in [0.5, 0.6) is 0 Å². The summed E-state index contributed by atoms with van der Waals surface area (Å²) in [6.07, 6.45) is 3.92. The van der Waals surface area contributed by atoms with Crippen LogP contribution in [0.15, 0.2) is 24.5 Å². The summed E-state index contributed by atoms with van der Waals surface area (Å²) in [6, 6.07) is 3.53. The zero-order valence-corrected chi connectivity index (χ0v) is 10.4. The maximum atomic E-state index is 5.98. The van der Waals surface area contributed by atoms with Crippen molar-refractivity contribution >= 4 is 8.32 Å². The van der Waals surface area contributed by atoms with Crippen LogP contribution in [0, 0.1) is 0 Å². The van der Waals surface area contributed by atoms with Gasteiger partial charge in [0.1, 0.15) is 0 Å². The Labute approximate surface area is 83.6 Å². The number of hydrogen-bond donors (Lipinski definition) is 0. The molecule has 0 amide bonds. The van der Waals surface area contributed by atoms with Crippen molar-refractivity contribution in [3.05, 3.63) is 24.5 Å². The van der Waals surface area contributed by atoms with Gasteiger partial charge in [0.15, 0.2) is 0 Å². The molecule has 0 saturated carbocycles. The number of allylic oxidation sites excluding steroid dienone is 2. The van der Waals surface area contributed by atoms with E-state index in [1.807, 2.05) is 19.1 Å². The molecular weight excluding hydrogens is 176 g/mol. The zero-order valence-electron chi connectivity index (χ0n) is 9.39. The lowest BCUT2D eigenvalue weighted by Gasteiger charge is -2.29. The van der Waals surface area contributed by atoms with Crippen molar-refractivity contribution in [3.8, 4) is 0 Å². The minimum atomic E-state index is -1.47. The summed E-state index contributed by atoms with van der Waals surface area (Å²) >= 11 is 0. The molecule has 0 heterocycles. The van der Waals surface area contributed by atoms with Crippen LogP contribution in [0.3, 0.4) is 0 Å². The normalized spacial score (nSPS) is 12.0. The van der Waals surface area contributed by atoms with Crippen LogP contribution in [0.1, 0.15) is 27.7 Å². The highest BCUT2D eigenvalue weighted by molar-refractivity contribution is 6.73. The van der Waals surface area contributed by atoms with Crippen LogP contribution in [0.25, 0.3) is 0 Å². The van der Waals surface area contributed by atoms with Gasteiger partial charge in [0.25, 0.3) is 0 Å². The molecule has 0 aromatic heterocycles. The standard InChI is InChI=1S/C11H22OSi/c1-6-10-11(5)12-13(7-2,8-3)9-4/h6,10H,5,7-9H2,1-4H3/b10-6+. The van der Waals surface area contributed by atoms with Crippen molar-refractivity contribution in [2.75, 3.05) is 0 Å². The van der Waals surface area contributed by atoms with Gasteiger partial charge in [0, 0.05) is 0 Å². The van der Waals surface area contributed by atoms with E-state index in [0.717, 1.165) is 5.76 Å². The van der Waals surface area contributed by atoms with Gasteiger partial charge in [-0.05, 0) is 31.1 Å². The Morgan fingerprint density at radius 3 is 2.00 bits per heavy atom. The van der Waals surface area contributed by atoms with Crippen LogP contribution in [-0.4, -0.2) is 8.32 Å². The largest absolute Gasteiger partial charge is 0.544 e. The average molecular weight is 198 g/mol. The summed E-state index contributed by atoms with van der Waals surface area (Å²) in [4.78, 5) is 0. The van der Waals surface area contributed by atoms with E-state index >= 15 is 0 Å². The lowest BCUT2D eigenvalue weighted by molar-refractivity contribution is 0.425. The molecule has 0 aromatic carbocycles. The predicted octanol–water partition coefficient (Wildman–Crippen LogP) is 4.10.